The largest absolute Gasteiger partial charge is 0.480 e. The predicted molar refractivity (Wildman–Crippen MR) is 137 cm³/mol. The first-order valence-corrected chi connectivity index (χ1v) is 12.9. The van der Waals surface area contributed by atoms with Crippen molar-refractivity contribution in [2.75, 3.05) is 6.54 Å². The molecule has 0 radical (unpaired) electrons. The molecule has 1 atom stereocenters. The van der Waals surface area contributed by atoms with Crippen LogP contribution in [0.5, 0.6) is 0 Å². The lowest BCUT2D eigenvalue weighted by molar-refractivity contribution is -0.144. The highest BCUT2D eigenvalue weighted by atomic mass is 32.2. The van der Waals surface area contributed by atoms with Crippen molar-refractivity contribution in [1.29, 1.82) is 0 Å². The van der Waals surface area contributed by atoms with E-state index in [-0.39, 0.29) is 4.90 Å². The van der Waals surface area contributed by atoms with Crippen molar-refractivity contribution in [3.8, 4) is 0 Å². The zero-order valence-corrected chi connectivity index (χ0v) is 20.8. The first-order chi connectivity index (χ1) is 16.7. The van der Waals surface area contributed by atoms with E-state index in [1.165, 1.54) is 12.1 Å². The van der Waals surface area contributed by atoms with E-state index in [2.05, 4.69) is 0 Å². The molecule has 0 amide bonds. The van der Waals surface area contributed by atoms with Gasteiger partial charge in [0.1, 0.15) is 6.04 Å². The number of carbonyl (C=O) groups is 1. The maximum Gasteiger partial charge on any atom is 0.320 e. The van der Waals surface area contributed by atoms with Crippen LogP contribution in [-0.4, -0.2) is 41.5 Å². The fourth-order valence-corrected chi connectivity index (χ4v) is 4.05. The van der Waals surface area contributed by atoms with Gasteiger partial charge in [-0.2, -0.15) is 8.42 Å². The van der Waals surface area contributed by atoms with E-state index in [1.54, 1.807) is 12.1 Å². The molecule has 0 aliphatic rings. The first kappa shape index (κ1) is 28.2. The zero-order valence-electron chi connectivity index (χ0n) is 20.0. The van der Waals surface area contributed by atoms with Crippen LogP contribution in [-0.2, 0) is 28.0 Å². The van der Waals surface area contributed by atoms with Gasteiger partial charge in [-0.05, 0) is 49.6 Å². The van der Waals surface area contributed by atoms with Crippen LogP contribution in [0.4, 0.5) is 0 Å². The molecule has 3 aromatic carbocycles. The number of unbranched alkanes of at least 4 members (excludes halogenated alkanes) is 1. The average molecular weight is 499 g/mol. The molecule has 8 heteroatoms. The highest BCUT2D eigenvalue weighted by Gasteiger charge is 2.25. The molecule has 0 bridgehead atoms. The quantitative estimate of drug-likeness (QED) is 0.263. The molecule has 3 rings (SSSR count). The summed E-state index contributed by atoms with van der Waals surface area (Å²) in [5.74, 6) is -0.765. The minimum absolute atomic E-state index is 0.0666. The normalized spacial score (nSPS) is 12.0. The lowest BCUT2D eigenvalue weighted by Crippen LogP contribution is -2.40. The number of nitrogens with zero attached hydrogens (tertiary/aromatic N) is 1. The molecule has 4 N–H and O–H groups in total. The van der Waals surface area contributed by atoms with Crippen LogP contribution in [0, 0.1) is 6.92 Å². The van der Waals surface area contributed by atoms with Gasteiger partial charge in [-0.1, -0.05) is 84.8 Å². The SMILES string of the molecule is Cc1ccc(S(=O)(=O)O)cc1.NCCCCC(C(=O)O)N(Cc1ccccc1)Cc1ccccc1. The van der Waals surface area contributed by atoms with Crippen molar-refractivity contribution in [2.45, 2.75) is 50.2 Å². The van der Waals surface area contributed by atoms with E-state index in [9.17, 15) is 18.3 Å². The Hall–Kier alpha value is -3.04. The number of hydrogen-bond donors (Lipinski definition) is 3. The molecule has 0 fully saturated rings. The van der Waals surface area contributed by atoms with E-state index in [1.807, 2.05) is 72.5 Å². The van der Waals surface area contributed by atoms with Crippen molar-refractivity contribution < 1.29 is 22.9 Å². The second-order valence-electron chi connectivity index (χ2n) is 8.30. The molecule has 0 saturated carbocycles. The van der Waals surface area contributed by atoms with E-state index < -0.39 is 22.1 Å². The molecule has 1 unspecified atom stereocenters. The molecule has 188 valence electrons. The molecule has 7 nitrogen and oxygen atoms in total. The van der Waals surface area contributed by atoms with Crippen LogP contribution in [0.3, 0.4) is 0 Å². The third-order valence-corrected chi connectivity index (χ3v) is 6.30. The first-order valence-electron chi connectivity index (χ1n) is 11.5. The number of benzene rings is 3. The van der Waals surface area contributed by atoms with E-state index in [0.29, 0.717) is 26.1 Å². The fraction of sp³-hybridized carbons (Fsp3) is 0.296. The minimum atomic E-state index is -4.02. The monoisotopic (exact) mass is 498 g/mol. The van der Waals surface area contributed by atoms with Gasteiger partial charge in [0.05, 0.1) is 4.90 Å². The lowest BCUT2D eigenvalue weighted by Gasteiger charge is -2.29. The number of aliphatic carboxylic acids is 1. The van der Waals surface area contributed by atoms with Crippen molar-refractivity contribution in [3.63, 3.8) is 0 Å². The van der Waals surface area contributed by atoms with E-state index in [0.717, 1.165) is 29.5 Å². The maximum atomic E-state index is 11.8. The van der Waals surface area contributed by atoms with Gasteiger partial charge in [-0.25, -0.2) is 0 Å². The summed E-state index contributed by atoms with van der Waals surface area (Å²) < 4.78 is 29.6. The second-order valence-corrected chi connectivity index (χ2v) is 9.72. The molecule has 0 aliphatic heterocycles. The summed E-state index contributed by atoms with van der Waals surface area (Å²) >= 11 is 0. The predicted octanol–water partition coefficient (Wildman–Crippen LogP) is 4.51. The molecular weight excluding hydrogens is 464 g/mol. The van der Waals surface area contributed by atoms with Crippen LogP contribution in [0.1, 0.15) is 36.0 Å². The topological polar surface area (TPSA) is 121 Å². The molecule has 0 heterocycles. The van der Waals surface area contributed by atoms with Gasteiger partial charge in [0.2, 0.25) is 0 Å². The van der Waals surface area contributed by atoms with E-state index in [4.69, 9.17) is 10.3 Å². The third kappa shape index (κ3) is 10.4. The average Bonchev–Trinajstić information content (AvgIpc) is 2.83. The number of hydrogen-bond acceptors (Lipinski definition) is 5. The summed E-state index contributed by atoms with van der Waals surface area (Å²) in [6.45, 7) is 3.68. The Bertz CT molecular complexity index is 1080. The summed E-state index contributed by atoms with van der Waals surface area (Å²) in [5, 5.41) is 9.73. The Morgan fingerprint density at radius 3 is 1.74 bits per heavy atom. The minimum Gasteiger partial charge on any atom is -0.480 e. The van der Waals surface area contributed by atoms with Crippen molar-refractivity contribution in [2.24, 2.45) is 5.73 Å². The Labute approximate surface area is 208 Å². The molecule has 0 saturated heterocycles. The van der Waals surface area contributed by atoms with Crippen LogP contribution >= 0.6 is 0 Å². The van der Waals surface area contributed by atoms with Gasteiger partial charge >= 0.3 is 5.97 Å². The van der Waals surface area contributed by atoms with Gasteiger partial charge in [0, 0.05) is 13.1 Å². The van der Waals surface area contributed by atoms with Crippen molar-refractivity contribution >= 4 is 16.1 Å². The van der Waals surface area contributed by atoms with Crippen LogP contribution in [0.2, 0.25) is 0 Å². The maximum absolute atomic E-state index is 11.8. The molecule has 3 aromatic rings. The van der Waals surface area contributed by atoms with Crippen molar-refractivity contribution in [1.82, 2.24) is 4.90 Å². The van der Waals surface area contributed by atoms with Crippen LogP contribution in [0.25, 0.3) is 0 Å². The number of carboxylic acids is 1. The van der Waals surface area contributed by atoms with Gasteiger partial charge in [-0.15, -0.1) is 0 Å². The number of aryl methyl sites for hydroxylation is 1. The standard InChI is InChI=1S/C20H26N2O2.C7H8O3S/c21-14-8-7-13-19(20(23)24)22(15-17-9-3-1-4-10-17)16-18-11-5-2-6-12-18;1-6-2-4-7(5-3-6)11(8,9)10/h1-6,9-12,19H,7-8,13-16,21H2,(H,23,24);2-5H,1H3,(H,8,9,10). The lowest BCUT2D eigenvalue weighted by atomic mass is 10.0. The molecule has 0 spiro atoms. The van der Waals surface area contributed by atoms with Crippen LogP contribution < -0.4 is 5.73 Å². The van der Waals surface area contributed by atoms with E-state index >= 15 is 0 Å². The Morgan fingerprint density at radius 1 is 0.857 bits per heavy atom. The Balaban J connectivity index is 0.000000328. The summed E-state index contributed by atoms with van der Waals surface area (Å²) in [5.41, 5.74) is 8.76. The summed E-state index contributed by atoms with van der Waals surface area (Å²) in [6.07, 6.45) is 2.30. The highest BCUT2D eigenvalue weighted by Crippen LogP contribution is 2.17. The number of rotatable bonds is 11. The highest BCUT2D eigenvalue weighted by molar-refractivity contribution is 7.85. The number of carboxylic acid groups (broad SMARTS) is 1. The number of nitrogens with two attached hydrogens (primary N) is 1. The van der Waals surface area contributed by atoms with Crippen molar-refractivity contribution in [3.05, 3.63) is 102 Å². The zero-order chi connectivity index (χ0) is 25.7. The summed E-state index contributed by atoms with van der Waals surface area (Å²) in [7, 11) is -4.02. The summed E-state index contributed by atoms with van der Waals surface area (Å²) in [4.78, 5) is 13.8. The second kappa shape index (κ2) is 14.4. The van der Waals surface area contributed by atoms with Gasteiger partial charge in [0.15, 0.2) is 0 Å². The van der Waals surface area contributed by atoms with Gasteiger partial charge in [0.25, 0.3) is 10.1 Å². The van der Waals surface area contributed by atoms with Gasteiger partial charge < -0.3 is 10.8 Å². The Kier molecular flexibility index (Phi) is 11.6. The smallest absolute Gasteiger partial charge is 0.320 e. The molecular formula is C27H34N2O5S. The Morgan fingerprint density at radius 2 is 1.34 bits per heavy atom. The third-order valence-electron chi connectivity index (χ3n) is 5.43. The van der Waals surface area contributed by atoms with Gasteiger partial charge in [-0.3, -0.25) is 14.2 Å². The molecule has 35 heavy (non-hydrogen) atoms. The molecule has 0 aromatic heterocycles. The fourth-order valence-electron chi connectivity index (χ4n) is 3.57. The van der Waals surface area contributed by atoms with Crippen LogP contribution in [0.15, 0.2) is 89.8 Å². The molecule has 0 aliphatic carbocycles. The summed E-state index contributed by atoms with van der Waals surface area (Å²) in [6, 6.07) is 25.5.